The van der Waals surface area contributed by atoms with Crippen LogP contribution in [0.15, 0.2) is 36.9 Å². The van der Waals surface area contributed by atoms with Crippen LogP contribution in [0, 0.1) is 0 Å². The highest BCUT2D eigenvalue weighted by Crippen LogP contribution is 2.57. The van der Waals surface area contributed by atoms with Crippen LogP contribution >= 0.6 is 16.0 Å². The molecule has 25 heavy (non-hydrogen) atoms. The zero-order valence-electron chi connectivity index (χ0n) is 15.4. The van der Waals surface area contributed by atoms with Crippen molar-refractivity contribution in [1.29, 1.82) is 0 Å². The molecule has 1 aromatic rings. The van der Waals surface area contributed by atoms with Crippen LogP contribution in [0.1, 0.15) is 11.3 Å². The Morgan fingerprint density at radius 3 is 2.08 bits per heavy atom. The van der Waals surface area contributed by atoms with E-state index in [2.05, 4.69) is 6.58 Å². The minimum atomic E-state index is -3.26. The van der Waals surface area contributed by atoms with Gasteiger partial charge in [-0.2, -0.15) is 0 Å². The summed E-state index contributed by atoms with van der Waals surface area (Å²) in [6, 6.07) is 7.58. The zero-order chi connectivity index (χ0) is 18.9. The lowest BCUT2D eigenvalue weighted by Gasteiger charge is -2.35. The van der Waals surface area contributed by atoms with Gasteiger partial charge in [-0.05, 0) is 17.7 Å². The van der Waals surface area contributed by atoms with Crippen molar-refractivity contribution in [3.05, 3.63) is 42.5 Å². The molecule has 1 atom stereocenters. The zero-order valence-corrected chi connectivity index (χ0v) is 17.2. The summed E-state index contributed by atoms with van der Waals surface area (Å²) >= 11 is 0. The second-order valence-electron chi connectivity index (χ2n) is 4.97. The first-order valence-electron chi connectivity index (χ1n) is 7.55. The van der Waals surface area contributed by atoms with Crippen LogP contribution in [0.5, 0.6) is 5.75 Å². The molecule has 0 aliphatic carbocycles. The second-order valence-corrected chi connectivity index (χ2v) is 9.00. The van der Waals surface area contributed by atoms with E-state index in [0.29, 0.717) is 6.54 Å². The molecule has 0 aliphatic heterocycles. The highest BCUT2D eigenvalue weighted by molar-refractivity contribution is 7.53. The fraction of sp³-hybridized carbons (Fsp3) is 0.500. The van der Waals surface area contributed by atoms with Crippen molar-refractivity contribution in [2.75, 3.05) is 48.4 Å². The lowest BCUT2D eigenvalue weighted by molar-refractivity contribution is 0.219. The monoisotopic (exact) mass is 391 g/mol. The van der Waals surface area contributed by atoms with E-state index in [1.54, 1.807) is 27.4 Å². The third-order valence-electron chi connectivity index (χ3n) is 3.59. The average molecular weight is 391 g/mol. The first kappa shape index (κ1) is 22.3. The second kappa shape index (κ2) is 11.0. The summed E-state index contributed by atoms with van der Waals surface area (Å²) in [6.45, 7) is 4.25. The Morgan fingerprint density at radius 2 is 1.68 bits per heavy atom. The van der Waals surface area contributed by atoms with Crippen molar-refractivity contribution in [2.45, 2.75) is 5.78 Å². The van der Waals surface area contributed by atoms with Gasteiger partial charge in [0.1, 0.15) is 17.8 Å². The summed E-state index contributed by atoms with van der Waals surface area (Å²) in [5, 5.41) is 0. The smallest absolute Gasteiger partial charge is 0.344 e. The average Bonchev–Trinajstić information content (AvgIpc) is 2.65. The molecule has 0 heterocycles. The topological polar surface area (TPSA) is 66.5 Å². The summed E-state index contributed by atoms with van der Waals surface area (Å²) in [5.41, 5.74) is 0.941. The predicted molar refractivity (Wildman–Crippen MR) is 100 cm³/mol. The summed E-state index contributed by atoms with van der Waals surface area (Å²) in [6.07, 6.45) is 1.80. The van der Waals surface area contributed by atoms with Gasteiger partial charge in [0.25, 0.3) is 0 Å². The number of rotatable bonds is 12. The summed E-state index contributed by atoms with van der Waals surface area (Å²) in [7, 11) is 2.94. The van der Waals surface area contributed by atoms with Crippen molar-refractivity contribution in [3.8, 4) is 5.75 Å². The molecule has 142 valence electrons. The molecule has 0 radical (unpaired) electrons. The van der Waals surface area contributed by atoms with E-state index >= 15 is 0 Å². The van der Waals surface area contributed by atoms with E-state index in [1.807, 2.05) is 29.2 Å². The van der Waals surface area contributed by atoms with Gasteiger partial charge in [-0.25, -0.2) is 0 Å². The number of ether oxygens (including phenoxy) is 1. The lowest BCUT2D eigenvalue weighted by Crippen LogP contribution is -2.30. The summed E-state index contributed by atoms with van der Waals surface area (Å²) in [4.78, 5) is 1.92. The van der Waals surface area contributed by atoms with Gasteiger partial charge in [-0.3, -0.25) is 9.46 Å². The van der Waals surface area contributed by atoms with Crippen LogP contribution in [0.4, 0.5) is 0 Å². The minimum absolute atomic E-state index is 0.0776. The van der Waals surface area contributed by atoms with E-state index < -0.39 is 16.0 Å². The van der Waals surface area contributed by atoms with Gasteiger partial charge >= 0.3 is 7.60 Å². The quantitative estimate of drug-likeness (QED) is 0.390. The Balaban J connectivity index is 3.28. The van der Waals surface area contributed by atoms with E-state index in [1.165, 1.54) is 14.2 Å². The highest BCUT2D eigenvalue weighted by Gasteiger charge is 2.35. The maximum absolute atomic E-state index is 12.7. The molecule has 0 amide bonds. The van der Waals surface area contributed by atoms with Gasteiger partial charge in [0.2, 0.25) is 0 Å². The van der Waals surface area contributed by atoms with E-state index in [0.717, 1.165) is 11.3 Å². The molecular formula is C16H27NO6P2. The fourth-order valence-electron chi connectivity index (χ4n) is 2.33. The van der Waals surface area contributed by atoms with Gasteiger partial charge in [-0.15, -0.1) is 6.58 Å². The van der Waals surface area contributed by atoms with Crippen molar-refractivity contribution in [1.82, 2.24) is 4.90 Å². The number of hydrogen-bond acceptors (Lipinski definition) is 7. The molecule has 0 N–H and O–H groups in total. The molecule has 0 aromatic heterocycles. The summed E-state index contributed by atoms with van der Waals surface area (Å²) in [5.74, 6) is 0.462. The van der Waals surface area contributed by atoms with Crippen molar-refractivity contribution in [2.24, 2.45) is 0 Å². The Hall–Kier alpha value is -0.780. The highest BCUT2D eigenvalue weighted by atomic mass is 31.2. The van der Waals surface area contributed by atoms with Crippen LogP contribution < -0.4 is 4.74 Å². The Bertz CT molecular complexity index is 556. The first-order valence-corrected chi connectivity index (χ1v) is 10.5. The number of benzene rings is 1. The van der Waals surface area contributed by atoms with Crippen LogP contribution in [0.2, 0.25) is 0 Å². The standard InChI is InChI=1S/C16H27NO6P2/c1-7-12-17(13-25(18,22-5)23-6)16(24(20-3)21-4)14-8-10-15(19-2)11-9-14/h7-11,16H,1,12-13H2,2-6H3. The summed E-state index contributed by atoms with van der Waals surface area (Å²) < 4.78 is 39.2. The van der Waals surface area contributed by atoms with E-state index in [-0.39, 0.29) is 12.1 Å². The van der Waals surface area contributed by atoms with Gasteiger partial charge < -0.3 is 22.8 Å². The normalized spacial score (nSPS) is 13.2. The Labute approximate surface area is 151 Å². The lowest BCUT2D eigenvalue weighted by atomic mass is 10.2. The molecule has 0 saturated heterocycles. The van der Waals surface area contributed by atoms with Gasteiger partial charge in [0, 0.05) is 35.0 Å². The predicted octanol–water partition coefficient (Wildman–Crippen LogP) is 4.23. The molecule has 0 bridgehead atoms. The number of hydrogen-bond donors (Lipinski definition) is 0. The van der Waals surface area contributed by atoms with Crippen molar-refractivity contribution in [3.63, 3.8) is 0 Å². The van der Waals surface area contributed by atoms with Crippen molar-refractivity contribution >= 4 is 16.0 Å². The molecular weight excluding hydrogens is 364 g/mol. The SMILES string of the molecule is C=CCN(CP(=O)(OC)OC)C(c1ccc(OC)cc1)P(OC)OC. The van der Waals surface area contributed by atoms with Crippen LogP contribution in [-0.4, -0.2) is 53.3 Å². The van der Waals surface area contributed by atoms with Crippen LogP contribution in [0.25, 0.3) is 0 Å². The molecule has 7 nitrogen and oxygen atoms in total. The van der Waals surface area contributed by atoms with Crippen LogP contribution in [-0.2, 0) is 22.7 Å². The third-order valence-corrected chi connectivity index (χ3v) is 7.16. The van der Waals surface area contributed by atoms with E-state index in [4.69, 9.17) is 22.8 Å². The molecule has 1 aromatic carbocycles. The largest absolute Gasteiger partial charge is 0.497 e. The molecule has 0 aliphatic rings. The van der Waals surface area contributed by atoms with Gasteiger partial charge in [-0.1, -0.05) is 18.2 Å². The maximum atomic E-state index is 12.7. The molecule has 9 heteroatoms. The Morgan fingerprint density at radius 1 is 1.12 bits per heavy atom. The molecule has 1 rings (SSSR count). The molecule has 0 spiro atoms. The maximum Gasteiger partial charge on any atom is 0.344 e. The van der Waals surface area contributed by atoms with Gasteiger partial charge in [0.05, 0.1) is 7.11 Å². The molecule has 1 unspecified atom stereocenters. The minimum Gasteiger partial charge on any atom is -0.497 e. The van der Waals surface area contributed by atoms with E-state index in [9.17, 15) is 4.57 Å². The fourth-order valence-corrected chi connectivity index (χ4v) is 4.97. The van der Waals surface area contributed by atoms with Crippen molar-refractivity contribution < 1.29 is 27.4 Å². The first-order chi connectivity index (χ1) is 12.0. The number of nitrogens with zero attached hydrogens (tertiary/aromatic N) is 1. The molecule has 0 saturated carbocycles. The third kappa shape index (κ3) is 6.15. The molecule has 0 fully saturated rings. The Kier molecular flexibility index (Phi) is 9.83. The van der Waals surface area contributed by atoms with Gasteiger partial charge in [0.15, 0.2) is 8.38 Å². The van der Waals surface area contributed by atoms with Crippen LogP contribution in [0.3, 0.4) is 0 Å². The number of methoxy groups -OCH3 is 1.